The molecule has 0 aliphatic heterocycles. The van der Waals surface area contributed by atoms with Crippen molar-refractivity contribution in [2.45, 2.75) is 12.5 Å². The van der Waals surface area contributed by atoms with E-state index in [2.05, 4.69) is 10.1 Å². The van der Waals surface area contributed by atoms with Gasteiger partial charge in [0.25, 0.3) is 5.91 Å². The smallest absolute Gasteiger partial charge is 0.328 e. The number of nitrogens with one attached hydrogen (secondary N) is 1. The van der Waals surface area contributed by atoms with Gasteiger partial charge in [-0.25, -0.2) is 4.79 Å². The Hall–Kier alpha value is -1.82. The van der Waals surface area contributed by atoms with Gasteiger partial charge in [0.1, 0.15) is 6.04 Å². The molecule has 2 N–H and O–H groups in total. The lowest BCUT2D eigenvalue weighted by Crippen LogP contribution is -2.42. The van der Waals surface area contributed by atoms with E-state index in [1.807, 2.05) is 0 Å². The summed E-state index contributed by atoms with van der Waals surface area (Å²) >= 11 is 0. The predicted octanol–water partition coefficient (Wildman–Crippen LogP) is -0.0666. The predicted molar refractivity (Wildman–Crippen MR) is 53.7 cm³/mol. The Morgan fingerprint density at radius 1 is 1.62 bits per heavy atom. The van der Waals surface area contributed by atoms with E-state index in [9.17, 15) is 9.59 Å². The van der Waals surface area contributed by atoms with Crippen LogP contribution in [-0.4, -0.2) is 36.7 Å². The van der Waals surface area contributed by atoms with Gasteiger partial charge >= 0.3 is 5.97 Å². The number of furan rings is 1. The maximum Gasteiger partial charge on any atom is 0.328 e. The fourth-order valence-electron chi connectivity index (χ4n) is 1.16. The number of carbonyl (C=O) groups is 2. The molecular weight excluding hydrogens is 214 g/mol. The van der Waals surface area contributed by atoms with Crippen LogP contribution in [0.4, 0.5) is 0 Å². The average molecular weight is 227 g/mol. The monoisotopic (exact) mass is 227 g/mol. The van der Waals surface area contributed by atoms with Gasteiger partial charge in [0, 0.05) is 13.0 Å². The quantitative estimate of drug-likeness (QED) is 0.687. The first-order valence-electron chi connectivity index (χ1n) is 4.72. The second-order valence-electron chi connectivity index (χ2n) is 3.04. The average Bonchev–Trinajstić information content (AvgIpc) is 2.80. The van der Waals surface area contributed by atoms with Crippen LogP contribution in [0.2, 0.25) is 0 Å². The Labute approximate surface area is 92.2 Å². The Balaban J connectivity index is 2.61. The number of methoxy groups -OCH3 is 1. The van der Waals surface area contributed by atoms with E-state index < -0.39 is 17.9 Å². The molecule has 1 aromatic rings. The van der Waals surface area contributed by atoms with Gasteiger partial charge in [0.15, 0.2) is 5.76 Å². The first kappa shape index (κ1) is 12.3. The van der Waals surface area contributed by atoms with Crippen LogP contribution < -0.4 is 5.32 Å². The van der Waals surface area contributed by atoms with Gasteiger partial charge in [0.2, 0.25) is 0 Å². The van der Waals surface area contributed by atoms with E-state index in [0.29, 0.717) is 0 Å². The Bertz CT molecular complexity index is 346. The maximum atomic E-state index is 11.5. The van der Waals surface area contributed by atoms with Crippen LogP contribution in [0, 0.1) is 0 Å². The summed E-state index contributed by atoms with van der Waals surface area (Å²) < 4.78 is 9.35. The van der Waals surface area contributed by atoms with Crippen molar-refractivity contribution in [3.63, 3.8) is 0 Å². The highest BCUT2D eigenvalue weighted by molar-refractivity contribution is 5.94. The number of carbonyl (C=O) groups excluding carboxylic acids is 2. The molecule has 0 radical (unpaired) electrons. The van der Waals surface area contributed by atoms with Crippen LogP contribution in [0.15, 0.2) is 22.8 Å². The molecule has 0 aliphatic rings. The van der Waals surface area contributed by atoms with Crippen molar-refractivity contribution in [3.8, 4) is 0 Å². The van der Waals surface area contributed by atoms with E-state index in [0.717, 1.165) is 0 Å². The molecule has 16 heavy (non-hydrogen) atoms. The maximum absolute atomic E-state index is 11.5. The van der Waals surface area contributed by atoms with Crippen molar-refractivity contribution in [2.75, 3.05) is 13.7 Å². The molecule has 1 atom stereocenters. The van der Waals surface area contributed by atoms with Crippen molar-refractivity contribution in [2.24, 2.45) is 0 Å². The molecule has 6 nitrogen and oxygen atoms in total. The summed E-state index contributed by atoms with van der Waals surface area (Å²) in [6.45, 7) is -0.224. The lowest BCUT2D eigenvalue weighted by molar-refractivity contribution is -0.143. The normalized spacial score (nSPS) is 11.9. The Kier molecular flexibility index (Phi) is 4.53. The lowest BCUT2D eigenvalue weighted by Gasteiger charge is -2.14. The Morgan fingerprint density at radius 2 is 2.38 bits per heavy atom. The summed E-state index contributed by atoms with van der Waals surface area (Å²) in [5.41, 5.74) is 0. The van der Waals surface area contributed by atoms with Crippen molar-refractivity contribution in [1.29, 1.82) is 0 Å². The molecule has 0 unspecified atom stereocenters. The highest BCUT2D eigenvalue weighted by atomic mass is 16.5. The lowest BCUT2D eigenvalue weighted by atomic mass is 10.2. The number of hydrogen-bond acceptors (Lipinski definition) is 5. The van der Waals surface area contributed by atoms with Gasteiger partial charge < -0.3 is 19.6 Å². The summed E-state index contributed by atoms with van der Waals surface area (Å²) in [5, 5.41) is 11.1. The number of amides is 1. The minimum Gasteiger partial charge on any atom is -0.467 e. The number of ether oxygens (including phenoxy) is 1. The molecule has 6 heteroatoms. The van der Waals surface area contributed by atoms with Crippen molar-refractivity contribution < 1.29 is 23.8 Å². The molecular formula is C10H13NO5. The third kappa shape index (κ3) is 3.09. The summed E-state index contributed by atoms with van der Waals surface area (Å²) in [4.78, 5) is 22.7. The van der Waals surface area contributed by atoms with Crippen LogP contribution in [0.1, 0.15) is 17.0 Å². The van der Waals surface area contributed by atoms with Gasteiger partial charge in [-0.3, -0.25) is 4.79 Å². The van der Waals surface area contributed by atoms with Gasteiger partial charge in [-0.2, -0.15) is 0 Å². The molecule has 1 rings (SSSR count). The molecule has 1 heterocycles. The molecule has 0 saturated heterocycles. The number of hydrogen-bond donors (Lipinski definition) is 2. The van der Waals surface area contributed by atoms with Crippen molar-refractivity contribution in [3.05, 3.63) is 24.2 Å². The molecule has 88 valence electrons. The van der Waals surface area contributed by atoms with Crippen LogP contribution in [0.3, 0.4) is 0 Å². The number of aliphatic hydroxyl groups excluding tert-OH is 1. The molecule has 0 aliphatic carbocycles. The van der Waals surface area contributed by atoms with E-state index >= 15 is 0 Å². The zero-order valence-corrected chi connectivity index (χ0v) is 8.80. The Morgan fingerprint density at radius 3 is 2.88 bits per heavy atom. The molecule has 1 aromatic heterocycles. The highest BCUT2D eigenvalue weighted by Crippen LogP contribution is 2.02. The van der Waals surface area contributed by atoms with Crippen LogP contribution >= 0.6 is 0 Å². The van der Waals surface area contributed by atoms with Gasteiger partial charge in [-0.1, -0.05) is 0 Å². The second kappa shape index (κ2) is 5.92. The zero-order valence-electron chi connectivity index (χ0n) is 8.80. The number of esters is 1. The molecule has 0 bridgehead atoms. The third-order valence-electron chi connectivity index (χ3n) is 1.95. The largest absolute Gasteiger partial charge is 0.467 e. The number of rotatable bonds is 5. The fourth-order valence-corrected chi connectivity index (χ4v) is 1.16. The first-order chi connectivity index (χ1) is 7.69. The van der Waals surface area contributed by atoms with Crippen LogP contribution in [0.25, 0.3) is 0 Å². The summed E-state index contributed by atoms with van der Waals surface area (Å²) in [7, 11) is 1.21. The molecule has 0 spiro atoms. The minimum atomic E-state index is -0.868. The fraction of sp³-hybridized carbons (Fsp3) is 0.400. The summed E-state index contributed by atoms with van der Waals surface area (Å²) in [5.74, 6) is -1.02. The molecule has 0 aromatic carbocycles. The topological polar surface area (TPSA) is 88.8 Å². The highest BCUT2D eigenvalue weighted by Gasteiger charge is 2.22. The first-order valence-corrected chi connectivity index (χ1v) is 4.72. The summed E-state index contributed by atoms with van der Waals surface area (Å²) in [6.07, 6.45) is 1.45. The molecule has 1 amide bonds. The van der Waals surface area contributed by atoms with E-state index in [-0.39, 0.29) is 18.8 Å². The molecule has 0 saturated carbocycles. The second-order valence-corrected chi connectivity index (χ2v) is 3.04. The van der Waals surface area contributed by atoms with Crippen LogP contribution in [-0.2, 0) is 9.53 Å². The zero-order chi connectivity index (χ0) is 12.0. The summed E-state index contributed by atoms with van der Waals surface area (Å²) in [6, 6.07) is 2.17. The SMILES string of the molecule is COC(=O)[C@H](CCO)NC(=O)c1ccco1. The van der Waals surface area contributed by atoms with Crippen LogP contribution in [0.5, 0.6) is 0 Å². The van der Waals surface area contributed by atoms with E-state index in [4.69, 9.17) is 9.52 Å². The standard InChI is InChI=1S/C10H13NO5/c1-15-10(14)7(4-5-12)11-9(13)8-3-2-6-16-8/h2-3,6-7,12H,4-5H2,1H3,(H,11,13)/t7-/m0/s1. The van der Waals surface area contributed by atoms with Crippen molar-refractivity contribution >= 4 is 11.9 Å². The van der Waals surface area contributed by atoms with E-state index in [1.54, 1.807) is 6.07 Å². The minimum absolute atomic E-state index is 0.0964. The van der Waals surface area contributed by atoms with Crippen molar-refractivity contribution in [1.82, 2.24) is 5.32 Å². The van der Waals surface area contributed by atoms with Gasteiger partial charge in [-0.15, -0.1) is 0 Å². The molecule has 0 fully saturated rings. The number of aliphatic hydroxyl groups is 1. The third-order valence-corrected chi connectivity index (χ3v) is 1.95. The van der Waals surface area contributed by atoms with Gasteiger partial charge in [0.05, 0.1) is 13.4 Å². The van der Waals surface area contributed by atoms with E-state index in [1.165, 1.54) is 19.4 Å². The van der Waals surface area contributed by atoms with Gasteiger partial charge in [-0.05, 0) is 12.1 Å².